The van der Waals surface area contributed by atoms with Crippen molar-refractivity contribution in [3.05, 3.63) is 46.9 Å². The molecule has 2 aromatic rings. The van der Waals surface area contributed by atoms with Gasteiger partial charge in [-0.1, -0.05) is 0 Å². The first-order chi connectivity index (χ1) is 14.2. The summed E-state index contributed by atoms with van der Waals surface area (Å²) in [6.45, 7) is 0. The standard InChI is InChI=1S/C19H20F3N3O3S2/c20-19(21,22)16(26)12-29-7-2-4-15(23)18(28)25(14-3-1-6-24-10-14)17(27)9-13-5-8-30-11-13/h1,3,5-6,8,10-11,15H,2,4,7,9,12,23H2/t15-/m0/s1. The number of carbonyl (C=O) groups is 3. The first-order valence-corrected chi connectivity index (χ1v) is 11.0. The van der Waals surface area contributed by atoms with E-state index in [0.29, 0.717) is 12.1 Å². The van der Waals surface area contributed by atoms with Crippen LogP contribution in [0.15, 0.2) is 41.4 Å². The highest BCUT2D eigenvalue weighted by Gasteiger charge is 2.37. The van der Waals surface area contributed by atoms with Crippen LogP contribution < -0.4 is 10.6 Å². The topological polar surface area (TPSA) is 93.4 Å². The molecule has 11 heteroatoms. The second kappa shape index (κ2) is 11.2. The summed E-state index contributed by atoms with van der Waals surface area (Å²) in [7, 11) is 0. The number of carbonyl (C=O) groups excluding carboxylic acids is 3. The zero-order valence-electron chi connectivity index (χ0n) is 15.8. The molecule has 30 heavy (non-hydrogen) atoms. The first-order valence-electron chi connectivity index (χ1n) is 8.91. The van der Waals surface area contributed by atoms with Crippen molar-refractivity contribution < 1.29 is 27.6 Å². The quantitative estimate of drug-likeness (QED) is 0.549. The number of nitrogens with two attached hydrogens (primary N) is 1. The second-order valence-corrected chi connectivity index (χ2v) is 8.19. The van der Waals surface area contributed by atoms with Crippen molar-refractivity contribution in [2.45, 2.75) is 31.5 Å². The normalized spacial score (nSPS) is 12.4. The Hall–Kier alpha value is -2.24. The summed E-state index contributed by atoms with van der Waals surface area (Å²) < 4.78 is 36.6. The number of pyridine rings is 1. The molecule has 0 aliphatic carbocycles. The Balaban J connectivity index is 1.94. The number of imide groups is 1. The molecule has 2 rings (SSSR count). The summed E-state index contributed by atoms with van der Waals surface area (Å²) in [5.41, 5.74) is 7.02. The molecule has 0 fully saturated rings. The minimum Gasteiger partial charge on any atom is -0.320 e. The van der Waals surface area contributed by atoms with Gasteiger partial charge >= 0.3 is 6.18 Å². The fraction of sp³-hybridized carbons (Fsp3) is 0.368. The number of amides is 2. The van der Waals surface area contributed by atoms with Gasteiger partial charge in [0.25, 0.3) is 5.91 Å². The molecule has 2 heterocycles. The molecule has 2 amide bonds. The van der Waals surface area contributed by atoms with E-state index in [1.807, 2.05) is 10.8 Å². The van der Waals surface area contributed by atoms with Crippen LogP contribution in [-0.4, -0.2) is 46.3 Å². The van der Waals surface area contributed by atoms with Crippen LogP contribution >= 0.6 is 23.1 Å². The number of nitrogens with zero attached hydrogens (tertiary/aromatic N) is 2. The van der Waals surface area contributed by atoms with Crippen molar-refractivity contribution >= 4 is 46.4 Å². The zero-order valence-corrected chi connectivity index (χ0v) is 17.4. The number of Topliss-reactive ketones (excluding diaryl/α,β-unsaturated/α-hetero) is 1. The number of anilines is 1. The van der Waals surface area contributed by atoms with Crippen molar-refractivity contribution in [1.29, 1.82) is 0 Å². The molecule has 0 spiro atoms. The number of thiophene rings is 1. The summed E-state index contributed by atoms with van der Waals surface area (Å²) in [6, 6.07) is 3.93. The van der Waals surface area contributed by atoms with Gasteiger partial charge in [-0.2, -0.15) is 36.3 Å². The predicted octanol–water partition coefficient (Wildman–Crippen LogP) is 3.22. The highest BCUT2D eigenvalue weighted by atomic mass is 32.2. The van der Waals surface area contributed by atoms with E-state index in [1.165, 1.54) is 23.7 Å². The molecule has 0 saturated heterocycles. The van der Waals surface area contributed by atoms with E-state index in [-0.39, 0.29) is 18.6 Å². The molecule has 0 unspecified atom stereocenters. The molecule has 1 atom stereocenters. The maximum absolute atomic E-state index is 12.9. The van der Waals surface area contributed by atoms with Gasteiger partial charge in [-0.05, 0) is 53.1 Å². The van der Waals surface area contributed by atoms with Gasteiger partial charge in [-0.25, -0.2) is 4.90 Å². The third-order valence-corrected chi connectivity index (χ3v) is 5.76. The van der Waals surface area contributed by atoms with Gasteiger partial charge in [0.15, 0.2) is 0 Å². The van der Waals surface area contributed by atoms with Crippen LogP contribution in [-0.2, 0) is 20.8 Å². The van der Waals surface area contributed by atoms with Crippen molar-refractivity contribution in [2.24, 2.45) is 5.73 Å². The third-order valence-electron chi connectivity index (χ3n) is 3.98. The lowest BCUT2D eigenvalue weighted by atomic mass is 10.1. The van der Waals surface area contributed by atoms with E-state index >= 15 is 0 Å². The highest BCUT2D eigenvalue weighted by Crippen LogP contribution is 2.20. The number of thioether (sulfide) groups is 1. The van der Waals surface area contributed by atoms with Crippen LogP contribution in [0.5, 0.6) is 0 Å². The van der Waals surface area contributed by atoms with Gasteiger partial charge in [0, 0.05) is 6.20 Å². The molecule has 0 aliphatic rings. The Morgan fingerprint density at radius 2 is 2.03 bits per heavy atom. The average molecular weight is 460 g/mol. The zero-order chi connectivity index (χ0) is 22.1. The maximum atomic E-state index is 12.9. The van der Waals surface area contributed by atoms with Crippen LogP contribution in [0, 0.1) is 0 Å². The summed E-state index contributed by atoms with van der Waals surface area (Å²) in [4.78, 5) is 41.4. The summed E-state index contributed by atoms with van der Waals surface area (Å²) in [5, 5.41) is 3.63. The largest absolute Gasteiger partial charge is 0.450 e. The van der Waals surface area contributed by atoms with E-state index in [4.69, 9.17) is 5.73 Å². The molecule has 0 radical (unpaired) electrons. The molecule has 0 aromatic carbocycles. The van der Waals surface area contributed by atoms with E-state index in [2.05, 4.69) is 4.98 Å². The molecule has 2 N–H and O–H groups in total. The number of alkyl halides is 3. The monoisotopic (exact) mass is 459 g/mol. The van der Waals surface area contributed by atoms with Crippen LogP contribution in [0.2, 0.25) is 0 Å². The lowest BCUT2D eigenvalue weighted by Crippen LogP contribution is -2.47. The highest BCUT2D eigenvalue weighted by molar-refractivity contribution is 7.99. The number of halogens is 3. The van der Waals surface area contributed by atoms with Gasteiger partial charge in [0.1, 0.15) is 0 Å². The first kappa shape index (κ1) is 24.0. The Kier molecular flexibility index (Phi) is 9.00. The molecular weight excluding hydrogens is 439 g/mol. The SMILES string of the molecule is N[C@@H](CCCSCC(=O)C(F)(F)F)C(=O)N(C(=O)Cc1ccsc1)c1cccnc1. The molecule has 0 saturated carbocycles. The minimum absolute atomic E-state index is 0.0201. The van der Waals surface area contributed by atoms with Gasteiger partial charge < -0.3 is 5.73 Å². The Morgan fingerprint density at radius 3 is 2.63 bits per heavy atom. The average Bonchev–Trinajstić information content (AvgIpc) is 3.20. The lowest BCUT2D eigenvalue weighted by molar-refractivity contribution is -0.167. The predicted molar refractivity (Wildman–Crippen MR) is 110 cm³/mol. The van der Waals surface area contributed by atoms with Crippen molar-refractivity contribution in [3.63, 3.8) is 0 Å². The van der Waals surface area contributed by atoms with Crippen molar-refractivity contribution in [1.82, 2.24) is 4.98 Å². The number of hydrogen-bond donors (Lipinski definition) is 1. The minimum atomic E-state index is -4.84. The number of hydrogen-bond acceptors (Lipinski definition) is 7. The van der Waals surface area contributed by atoms with Crippen LogP contribution in [0.1, 0.15) is 18.4 Å². The molecule has 6 nitrogen and oxygen atoms in total. The van der Waals surface area contributed by atoms with Gasteiger partial charge in [0.05, 0.1) is 30.1 Å². The number of rotatable bonds is 10. The Morgan fingerprint density at radius 1 is 1.27 bits per heavy atom. The summed E-state index contributed by atoms with van der Waals surface area (Å²) in [6.07, 6.45) is -1.45. The van der Waals surface area contributed by atoms with Crippen molar-refractivity contribution in [2.75, 3.05) is 16.4 Å². The molecule has 162 valence electrons. The summed E-state index contributed by atoms with van der Waals surface area (Å²) in [5.74, 6) is -3.30. The molecular formula is C19H20F3N3O3S2. The van der Waals surface area contributed by atoms with Gasteiger partial charge in [0.2, 0.25) is 11.7 Å². The molecule has 0 aliphatic heterocycles. The van der Waals surface area contributed by atoms with Crippen LogP contribution in [0.4, 0.5) is 18.9 Å². The third kappa shape index (κ3) is 7.22. The maximum Gasteiger partial charge on any atom is 0.450 e. The Bertz CT molecular complexity index is 846. The second-order valence-electron chi connectivity index (χ2n) is 6.31. The lowest BCUT2D eigenvalue weighted by Gasteiger charge is -2.24. The Labute approximate surface area is 179 Å². The van der Waals surface area contributed by atoms with Crippen LogP contribution in [0.3, 0.4) is 0 Å². The number of aromatic nitrogens is 1. The smallest absolute Gasteiger partial charge is 0.320 e. The fourth-order valence-electron chi connectivity index (χ4n) is 2.47. The van der Waals surface area contributed by atoms with Gasteiger partial charge in [-0.3, -0.25) is 19.4 Å². The van der Waals surface area contributed by atoms with Gasteiger partial charge in [-0.15, -0.1) is 0 Å². The van der Waals surface area contributed by atoms with Crippen LogP contribution in [0.25, 0.3) is 0 Å². The van der Waals surface area contributed by atoms with E-state index in [0.717, 1.165) is 22.2 Å². The molecule has 2 aromatic heterocycles. The summed E-state index contributed by atoms with van der Waals surface area (Å²) >= 11 is 2.26. The van der Waals surface area contributed by atoms with E-state index < -0.39 is 35.6 Å². The molecule has 0 bridgehead atoms. The van der Waals surface area contributed by atoms with E-state index in [9.17, 15) is 27.6 Å². The fourth-order valence-corrected chi connectivity index (χ4v) is 4.00. The number of ketones is 1. The van der Waals surface area contributed by atoms with Crippen molar-refractivity contribution in [3.8, 4) is 0 Å². The van der Waals surface area contributed by atoms with E-state index in [1.54, 1.807) is 18.2 Å².